The molecular formula is C19H23F3N4O2. The highest BCUT2D eigenvalue weighted by molar-refractivity contribution is 5.79. The van der Waals surface area contributed by atoms with E-state index in [2.05, 4.69) is 25.3 Å². The van der Waals surface area contributed by atoms with Crippen molar-refractivity contribution in [3.8, 4) is 11.6 Å². The third kappa shape index (κ3) is 7.73. The number of aliphatic imine (C=N–C) groups is 1. The van der Waals surface area contributed by atoms with Gasteiger partial charge in [0, 0.05) is 25.4 Å². The van der Waals surface area contributed by atoms with Crippen LogP contribution in [-0.2, 0) is 13.1 Å². The molecule has 1 heterocycles. The summed E-state index contributed by atoms with van der Waals surface area (Å²) in [5, 5.41) is 6.33. The molecule has 2 rings (SSSR count). The number of nitrogens with zero attached hydrogens (tertiary/aromatic N) is 2. The number of ether oxygens (including phenoxy) is 2. The maximum atomic E-state index is 12.2. The predicted molar refractivity (Wildman–Crippen MR) is 100 cm³/mol. The second kappa shape index (κ2) is 10.4. The lowest BCUT2D eigenvalue weighted by molar-refractivity contribution is -0.154. The fraction of sp³-hybridized carbons (Fsp3) is 0.368. The maximum Gasteiger partial charge on any atom is 0.422 e. The highest BCUT2D eigenvalue weighted by Crippen LogP contribution is 2.17. The summed E-state index contributed by atoms with van der Waals surface area (Å²) in [7, 11) is 1.61. The number of alkyl halides is 3. The van der Waals surface area contributed by atoms with Gasteiger partial charge in [0.05, 0.1) is 13.7 Å². The molecule has 152 valence electrons. The summed E-state index contributed by atoms with van der Waals surface area (Å²) < 4.78 is 46.5. The first-order valence-corrected chi connectivity index (χ1v) is 8.69. The van der Waals surface area contributed by atoms with Crippen LogP contribution in [0.3, 0.4) is 0 Å². The van der Waals surface area contributed by atoms with Crippen molar-refractivity contribution in [1.82, 2.24) is 15.6 Å². The number of hydrogen-bond donors (Lipinski definition) is 2. The minimum atomic E-state index is -4.40. The molecule has 0 fully saturated rings. The van der Waals surface area contributed by atoms with Crippen molar-refractivity contribution >= 4 is 5.96 Å². The molecule has 2 aromatic rings. The molecule has 1 aromatic carbocycles. The van der Waals surface area contributed by atoms with Crippen molar-refractivity contribution in [2.45, 2.75) is 26.2 Å². The molecule has 0 aliphatic rings. The Bertz CT molecular complexity index is 765. The molecular weight excluding hydrogens is 373 g/mol. The average Bonchev–Trinajstić information content (AvgIpc) is 2.69. The molecule has 0 bridgehead atoms. The van der Waals surface area contributed by atoms with Crippen molar-refractivity contribution in [3.05, 3.63) is 53.7 Å². The van der Waals surface area contributed by atoms with Crippen molar-refractivity contribution < 1.29 is 22.6 Å². The number of nitrogens with one attached hydrogen (secondary N) is 2. The van der Waals surface area contributed by atoms with Gasteiger partial charge in [0.1, 0.15) is 5.75 Å². The Morgan fingerprint density at radius 2 is 1.86 bits per heavy atom. The van der Waals surface area contributed by atoms with Gasteiger partial charge in [-0.15, -0.1) is 0 Å². The molecule has 9 heteroatoms. The Hall–Kier alpha value is -2.97. The van der Waals surface area contributed by atoms with Crippen molar-refractivity contribution in [3.63, 3.8) is 0 Å². The van der Waals surface area contributed by atoms with Gasteiger partial charge in [-0.25, -0.2) is 9.98 Å². The van der Waals surface area contributed by atoms with E-state index >= 15 is 0 Å². The summed E-state index contributed by atoms with van der Waals surface area (Å²) >= 11 is 0. The van der Waals surface area contributed by atoms with Crippen LogP contribution in [0.5, 0.6) is 11.6 Å². The Balaban J connectivity index is 1.95. The van der Waals surface area contributed by atoms with Gasteiger partial charge in [0.15, 0.2) is 12.6 Å². The van der Waals surface area contributed by atoms with Gasteiger partial charge in [-0.3, -0.25) is 0 Å². The topological polar surface area (TPSA) is 67.8 Å². The molecule has 0 atom stereocenters. The first-order valence-electron chi connectivity index (χ1n) is 8.69. The number of aromatic nitrogens is 1. The zero-order valence-corrected chi connectivity index (χ0v) is 15.7. The van der Waals surface area contributed by atoms with Crippen LogP contribution in [0.1, 0.15) is 18.1 Å². The average molecular weight is 396 g/mol. The Morgan fingerprint density at radius 1 is 1.11 bits per heavy atom. The number of methoxy groups -OCH3 is 1. The first kappa shape index (κ1) is 21.3. The molecule has 0 spiro atoms. The third-order valence-electron chi connectivity index (χ3n) is 3.57. The Kier molecular flexibility index (Phi) is 7.91. The zero-order valence-electron chi connectivity index (χ0n) is 15.7. The van der Waals surface area contributed by atoms with Gasteiger partial charge in [-0.2, -0.15) is 13.2 Å². The number of hydrogen-bond acceptors (Lipinski definition) is 4. The largest absolute Gasteiger partial charge is 0.497 e. The van der Waals surface area contributed by atoms with E-state index in [0.29, 0.717) is 24.6 Å². The van der Waals surface area contributed by atoms with Gasteiger partial charge in [-0.05, 0) is 36.2 Å². The SMILES string of the molecule is CCNC(=NCc1ccnc(OCC(F)(F)F)c1)NCc1ccc(OC)cc1. The smallest absolute Gasteiger partial charge is 0.422 e. The lowest BCUT2D eigenvalue weighted by Gasteiger charge is -2.12. The molecule has 2 N–H and O–H groups in total. The second-order valence-electron chi connectivity index (χ2n) is 5.80. The molecule has 1 aromatic heterocycles. The third-order valence-corrected chi connectivity index (χ3v) is 3.57. The van der Waals surface area contributed by atoms with Crippen LogP contribution < -0.4 is 20.1 Å². The monoisotopic (exact) mass is 396 g/mol. The summed E-state index contributed by atoms with van der Waals surface area (Å²) in [5.74, 6) is 1.29. The number of guanidine groups is 1. The molecule has 0 saturated heterocycles. The molecule has 0 unspecified atom stereocenters. The molecule has 0 aliphatic carbocycles. The van der Waals surface area contributed by atoms with Gasteiger partial charge in [-0.1, -0.05) is 12.1 Å². The molecule has 0 saturated carbocycles. The van der Waals surface area contributed by atoms with E-state index < -0.39 is 12.8 Å². The normalized spacial score (nSPS) is 11.8. The van der Waals surface area contributed by atoms with Crippen LogP contribution in [0.15, 0.2) is 47.6 Å². The van der Waals surface area contributed by atoms with Gasteiger partial charge in [0.25, 0.3) is 0 Å². The van der Waals surface area contributed by atoms with Crippen molar-refractivity contribution in [1.29, 1.82) is 0 Å². The fourth-order valence-electron chi connectivity index (χ4n) is 2.22. The minimum absolute atomic E-state index is 0.0822. The quantitative estimate of drug-likeness (QED) is 0.530. The van der Waals surface area contributed by atoms with E-state index in [1.165, 1.54) is 12.3 Å². The van der Waals surface area contributed by atoms with E-state index in [-0.39, 0.29) is 12.4 Å². The van der Waals surface area contributed by atoms with Crippen LogP contribution in [0, 0.1) is 0 Å². The summed E-state index contributed by atoms with van der Waals surface area (Å²) in [4.78, 5) is 8.23. The zero-order chi connectivity index (χ0) is 20.4. The van der Waals surface area contributed by atoms with Crippen LogP contribution >= 0.6 is 0 Å². The number of pyridine rings is 1. The molecule has 0 amide bonds. The minimum Gasteiger partial charge on any atom is -0.497 e. The van der Waals surface area contributed by atoms with E-state index in [9.17, 15) is 13.2 Å². The Labute approximate surface area is 161 Å². The summed E-state index contributed by atoms with van der Waals surface area (Å²) in [5.41, 5.74) is 1.74. The van der Waals surface area contributed by atoms with E-state index in [4.69, 9.17) is 4.74 Å². The van der Waals surface area contributed by atoms with E-state index in [1.807, 2.05) is 31.2 Å². The highest BCUT2D eigenvalue weighted by atomic mass is 19.4. The van der Waals surface area contributed by atoms with Crippen LogP contribution in [0.25, 0.3) is 0 Å². The summed E-state index contributed by atoms with van der Waals surface area (Å²) in [6.07, 6.45) is -3.01. The number of benzene rings is 1. The van der Waals surface area contributed by atoms with Crippen LogP contribution in [0.4, 0.5) is 13.2 Å². The van der Waals surface area contributed by atoms with Crippen molar-refractivity contribution in [2.24, 2.45) is 4.99 Å². The molecule has 0 aliphatic heterocycles. The predicted octanol–water partition coefficient (Wildman–Crippen LogP) is 3.29. The molecule has 28 heavy (non-hydrogen) atoms. The number of halogens is 3. The molecule has 0 radical (unpaired) electrons. The van der Waals surface area contributed by atoms with Gasteiger partial charge >= 0.3 is 6.18 Å². The fourth-order valence-corrected chi connectivity index (χ4v) is 2.22. The maximum absolute atomic E-state index is 12.2. The van der Waals surface area contributed by atoms with Gasteiger partial charge < -0.3 is 20.1 Å². The standard InChI is InChI=1S/C19H23F3N4O2/c1-3-23-18(25-11-14-4-6-16(27-2)7-5-14)26-12-15-8-9-24-17(10-15)28-13-19(20,21)22/h4-10H,3,11-13H2,1-2H3,(H2,23,25,26). The van der Waals surface area contributed by atoms with E-state index in [1.54, 1.807) is 13.2 Å². The first-order chi connectivity index (χ1) is 13.4. The lowest BCUT2D eigenvalue weighted by atomic mass is 10.2. The van der Waals surface area contributed by atoms with Crippen LogP contribution in [-0.4, -0.2) is 37.4 Å². The Morgan fingerprint density at radius 3 is 2.50 bits per heavy atom. The van der Waals surface area contributed by atoms with Gasteiger partial charge in [0.2, 0.25) is 5.88 Å². The summed E-state index contributed by atoms with van der Waals surface area (Å²) in [6, 6.07) is 10.8. The number of rotatable bonds is 8. The van der Waals surface area contributed by atoms with Crippen LogP contribution in [0.2, 0.25) is 0 Å². The summed E-state index contributed by atoms with van der Waals surface area (Å²) in [6.45, 7) is 2.07. The second-order valence-corrected chi connectivity index (χ2v) is 5.80. The lowest BCUT2D eigenvalue weighted by Crippen LogP contribution is -2.36. The molecule has 6 nitrogen and oxygen atoms in total. The highest BCUT2D eigenvalue weighted by Gasteiger charge is 2.28. The van der Waals surface area contributed by atoms with E-state index in [0.717, 1.165) is 11.3 Å². The van der Waals surface area contributed by atoms with Crippen molar-refractivity contribution in [2.75, 3.05) is 20.3 Å².